The molecule has 1 heterocycles. The fraction of sp³-hybridized carbons (Fsp3) is 1.00. The predicted octanol–water partition coefficient (Wildman–Crippen LogP) is 3.10. The van der Waals surface area contributed by atoms with E-state index < -0.39 is 0 Å². The second-order valence-corrected chi connectivity index (χ2v) is 4.25. The van der Waals surface area contributed by atoms with Gasteiger partial charge in [0, 0.05) is 13.2 Å². The Kier molecular flexibility index (Phi) is 4.09. The highest BCUT2D eigenvalue weighted by Gasteiger charge is 2.25. The first-order valence-corrected chi connectivity index (χ1v) is 4.18. The van der Waals surface area contributed by atoms with Crippen LogP contribution in [0.4, 0.5) is 0 Å². The summed E-state index contributed by atoms with van der Waals surface area (Å²) in [5.74, 6) is 0.876. The molecular weight excluding hydrogens is 136 g/mol. The Morgan fingerprint density at radius 1 is 1.09 bits per heavy atom. The second-order valence-electron chi connectivity index (χ2n) is 4.25. The van der Waals surface area contributed by atoms with E-state index in [2.05, 4.69) is 20.8 Å². The summed E-state index contributed by atoms with van der Waals surface area (Å²) >= 11 is 0. The Hall–Kier alpha value is -0.0400. The zero-order valence-corrected chi connectivity index (χ0v) is 7.31. The van der Waals surface area contributed by atoms with Gasteiger partial charge in [0.2, 0.25) is 0 Å². The van der Waals surface area contributed by atoms with E-state index in [1.807, 2.05) is 0 Å². The Morgan fingerprint density at radius 3 is 1.82 bits per heavy atom. The van der Waals surface area contributed by atoms with Crippen LogP contribution < -0.4 is 0 Å². The topological polar surface area (TPSA) is 9.23 Å². The van der Waals surface area contributed by atoms with E-state index in [9.17, 15) is 0 Å². The Bertz CT molecular complexity index is 95.9. The highest BCUT2D eigenvalue weighted by molar-refractivity contribution is 4.75. The Morgan fingerprint density at radius 2 is 1.55 bits per heavy atom. The van der Waals surface area contributed by atoms with Crippen LogP contribution in [0.25, 0.3) is 0 Å². The molecule has 1 saturated heterocycles. The monoisotopic (exact) mass is 158 g/mol. The van der Waals surface area contributed by atoms with Gasteiger partial charge in [0.15, 0.2) is 0 Å². The van der Waals surface area contributed by atoms with Crippen molar-refractivity contribution < 1.29 is 4.74 Å². The van der Waals surface area contributed by atoms with Crippen LogP contribution in [-0.2, 0) is 4.74 Å². The highest BCUT2D eigenvalue weighted by atomic mass is 16.5. The number of rotatable bonds is 0. The van der Waals surface area contributed by atoms with Crippen molar-refractivity contribution in [2.75, 3.05) is 13.2 Å². The van der Waals surface area contributed by atoms with Crippen LogP contribution in [0.15, 0.2) is 0 Å². The molecule has 1 aliphatic heterocycles. The molecule has 68 valence electrons. The zero-order valence-electron chi connectivity index (χ0n) is 7.31. The van der Waals surface area contributed by atoms with Crippen molar-refractivity contribution in [2.45, 2.75) is 41.0 Å². The van der Waals surface area contributed by atoms with Gasteiger partial charge in [-0.1, -0.05) is 28.2 Å². The second kappa shape index (κ2) is 4.10. The third-order valence-corrected chi connectivity index (χ3v) is 2.45. The van der Waals surface area contributed by atoms with Crippen molar-refractivity contribution >= 4 is 0 Å². The zero-order chi connectivity index (χ0) is 7.61. The summed E-state index contributed by atoms with van der Waals surface area (Å²) < 4.78 is 5.29. The lowest BCUT2D eigenvalue weighted by Gasteiger charge is -2.33. The number of hydrogen-bond donors (Lipinski definition) is 0. The van der Waals surface area contributed by atoms with Gasteiger partial charge in [-0.25, -0.2) is 0 Å². The van der Waals surface area contributed by atoms with Crippen LogP contribution in [0.2, 0.25) is 0 Å². The first kappa shape index (κ1) is 11.0. The Labute approximate surface area is 71.1 Å². The molecule has 1 heteroatoms. The summed E-state index contributed by atoms with van der Waals surface area (Å²) in [6.45, 7) is 8.92. The number of ether oxygens (including phenoxy) is 1. The molecule has 0 amide bonds. The smallest absolute Gasteiger partial charge is 0.0468 e. The van der Waals surface area contributed by atoms with Gasteiger partial charge in [-0.3, -0.25) is 0 Å². The van der Waals surface area contributed by atoms with Crippen LogP contribution in [0.3, 0.4) is 0 Å². The molecule has 0 aromatic carbocycles. The lowest BCUT2D eigenvalue weighted by atomic mass is 9.76. The summed E-state index contributed by atoms with van der Waals surface area (Å²) in [6, 6.07) is 0. The molecule has 0 saturated carbocycles. The standard InChI is InChI=1S/C9H18O.CH4/c1-9(2,3)8-4-6-10-7-5-8;/h8H,4-7H2,1-3H3;1H4. The molecule has 0 spiro atoms. The lowest BCUT2D eigenvalue weighted by molar-refractivity contribution is 0.0286. The maximum absolute atomic E-state index is 5.29. The van der Waals surface area contributed by atoms with E-state index in [1.54, 1.807) is 0 Å². The fourth-order valence-corrected chi connectivity index (χ4v) is 1.56. The SMILES string of the molecule is C.CC(C)(C)C1CCOCC1. The van der Waals surface area contributed by atoms with Gasteiger partial charge in [-0.15, -0.1) is 0 Å². The molecule has 0 bridgehead atoms. The van der Waals surface area contributed by atoms with Crippen LogP contribution in [0.1, 0.15) is 41.0 Å². The summed E-state index contributed by atoms with van der Waals surface area (Å²) in [4.78, 5) is 0. The van der Waals surface area contributed by atoms with Gasteiger partial charge in [-0.05, 0) is 24.2 Å². The van der Waals surface area contributed by atoms with Gasteiger partial charge in [0.1, 0.15) is 0 Å². The normalized spacial score (nSPS) is 21.0. The van der Waals surface area contributed by atoms with Gasteiger partial charge in [0.25, 0.3) is 0 Å². The number of hydrogen-bond acceptors (Lipinski definition) is 1. The molecule has 1 rings (SSSR count). The summed E-state index contributed by atoms with van der Waals surface area (Å²) in [7, 11) is 0. The fourth-order valence-electron chi connectivity index (χ4n) is 1.56. The Balaban J connectivity index is 0.000001000. The van der Waals surface area contributed by atoms with Crippen LogP contribution in [0.5, 0.6) is 0 Å². The van der Waals surface area contributed by atoms with Crippen molar-refractivity contribution in [1.82, 2.24) is 0 Å². The average molecular weight is 158 g/mol. The molecule has 0 N–H and O–H groups in total. The quantitative estimate of drug-likeness (QED) is 0.526. The molecule has 0 atom stereocenters. The molecule has 0 aromatic heterocycles. The predicted molar refractivity (Wildman–Crippen MR) is 49.7 cm³/mol. The average Bonchev–Trinajstić information content (AvgIpc) is 1.88. The molecular formula is C10H22O. The van der Waals surface area contributed by atoms with Crippen molar-refractivity contribution in [3.63, 3.8) is 0 Å². The van der Waals surface area contributed by atoms with E-state index in [1.165, 1.54) is 12.8 Å². The third-order valence-electron chi connectivity index (χ3n) is 2.45. The first-order chi connectivity index (χ1) is 4.61. The molecule has 1 fully saturated rings. The molecule has 0 radical (unpaired) electrons. The summed E-state index contributed by atoms with van der Waals surface area (Å²) in [5.41, 5.74) is 0.490. The van der Waals surface area contributed by atoms with Crippen LogP contribution in [-0.4, -0.2) is 13.2 Å². The van der Waals surface area contributed by atoms with E-state index in [0.717, 1.165) is 19.1 Å². The van der Waals surface area contributed by atoms with E-state index in [4.69, 9.17) is 4.74 Å². The summed E-state index contributed by atoms with van der Waals surface area (Å²) in [6.07, 6.45) is 2.51. The van der Waals surface area contributed by atoms with Crippen molar-refractivity contribution in [2.24, 2.45) is 11.3 Å². The largest absolute Gasteiger partial charge is 0.381 e. The van der Waals surface area contributed by atoms with Crippen molar-refractivity contribution in [1.29, 1.82) is 0 Å². The van der Waals surface area contributed by atoms with E-state index in [-0.39, 0.29) is 7.43 Å². The maximum atomic E-state index is 5.29. The lowest BCUT2D eigenvalue weighted by Crippen LogP contribution is -2.27. The first-order valence-electron chi connectivity index (χ1n) is 4.18. The van der Waals surface area contributed by atoms with Crippen LogP contribution >= 0.6 is 0 Å². The van der Waals surface area contributed by atoms with Gasteiger partial charge < -0.3 is 4.74 Å². The van der Waals surface area contributed by atoms with Gasteiger partial charge in [0.05, 0.1) is 0 Å². The molecule has 0 aliphatic carbocycles. The molecule has 0 aromatic rings. The van der Waals surface area contributed by atoms with Gasteiger partial charge in [-0.2, -0.15) is 0 Å². The van der Waals surface area contributed by atoms with Gasteiger partial charge >= 0.3 is 0 Å². The molecule has 0 unspecified atom stereocenters. The minimum absolute atomic E-state index is 0. The van der Waals surface area contributed by atoms with E-state index >= 15 is 0 Å². The van der Waals surface area contributed by atoms with E-state index in [0.29, 0.717) is 5.41 Å². The highest BCUT2D eigenvalue weighted by Crippen LogP contribution is 2.33. The van der Waals surface area contributed by atoms with Crippen molar-refractivity contribution in [3.8, 4) is 0 Å². The minimum atomic E-state index is 0. The third kappa shape index (κ3) is 3.24. The molecule has 11 heavy (non-hydrogen) atoms. The molecule has 1 nitrogen and oxygen atoms in total. The summed E-state index contributed by atoms with van der Waals surface area (Å²) in [5, 5.41) is 0. The molecule has 1 aliphatic rings. The van der Waals surface area contributed by atoms with Crippen molar-refractivity contribution in [3.05, 3.63) is 0 Å². The minimum Gasteiger partial charge on any atom is -0.381 e. The maximum Gasteiger partial charge on any atom is 0.0468 e. The van der Waals surface area contributed by atoms with Crippen LogP contribution in [0, 0.1) is 11.3 Å².